The molecule has 0 spiro atoms. The summed E-state index contributed by atoms with van der Waals surface area (Å²) in [6.45, 7) is 1.92. The van der Waals surface area contributed by atoms with E-state index in [1.54, 1.807) is 0 Å². The second-order valence-electron chi connectivity index (χ2n) is 4.91. The lowest BCUT2D eigenvalue weighted by atomic mass is 9.85. The molecule has 0 fully saturated rings. The van der Waals surface area contributed by atoms with E-state index in [0.717, 1.165) is 18.4 Å². The van der Waals surface area contributed by atoms with Gasteiger partial charge in [-0.15, -0.1) is 0 Å². The number of halogens is 1. The minimum Gasteiger partial charge on any atom is -0.381 e. The SMILES string of the molecule is CC(O)(C1=CCCCCC1)c1ccc(I)cc1. The summed E-state index contributed by atoms with van der Waals surface area (Å²) in [6, 6.07) is 8.18. The van der Waals surface area contributed by atoms with E-state index in [0.29, 0.717) is 0 Å². The van der Waals surface area contributed by atoms with E-state index in [9.17, 15) is 5.11 Å². The second kappa shape index (κ2) is 5.53. The van der Waals surface area contributed by atoms with Crippen LogP contribution in [0, 0.1) is 3.57 Å². The summed E-state index contributed by atoms with van der Waals surface area (Å²) in [5, 5.41) is 10.8. The van der Waals surface area contributed by atoms with Gasteiger partial charge in [-0.3, -0.25) is 0 Å². The van der Waals surface area contributed by atoms with Crippen LogP contribution < -0.4 is 0 Å². The second-order valence-corrected chi connectivity index (χ2v) is 6.15. The molecule has 0 amide bonds. The Balaban J connectivity index is 2.27. The monoisotopic (exact) mass is 342 g/mol. The Labute approximate surface area is 117 Å². The summed E-state index contributed by atoms with van der Waals surface area (Å²) in [5.41, 5.74) is 1.40. The molecule has 0 heterocycles. The lowest BCUT2D eigenvalue weighted by molar-refractivity contribution is 0.0931. The highest BCUT2D eigenvalue weighted by atomic mass is 127. The van der Waals surface area contributed by atoms with E-state index in [1.165, 1.54) is 28.4 Å². The summed E-state index contributed by atoms with van der Waals surface area (Å²) in [6.07, 6.45) is 8.11. The van der Waals surface area contributed by atoms with Crippen LogP contribution in [-0.4, -0.2) is 5.11 Å². The van der Waals surface area contributed by atoms with Crippen molar-refractivity contribution in [1.82, 2.24) is 0 Å². The Hall–Kier alpha value is -0.350. The van der Waals surface area contributed by atoms with Gasteiger partial charge in [0.1, 0.15) is 5.60 Å². The third kappa shape index (κ3) is 3.10. The topological polar surface area (TPSA) is 20.2 Å². The third-order valence-corrected chi connectivity index (χ3v) is 4.29. The molecule has 0 aromatic heterocycles. The fourth-order valence-corrected chi connectivity index (χ4v) is 2.78. The molecule has 1 aliphatic rings. The number of hydrogen-bond donors (Lipinski definition) is 1. The molecule has 1 N–H and O–H groups in total. The van der Waals surface area contributed by atoms with Gasteiger partial charge in [0.15, 0.2) is 0 Å². The molecule has 0 aliphatic heterocycles. The normalized spacial score (nSPS) is 20.3. The van der Waals surface area contributed by atoms with Crippen LogP contribution in [0.4, 0.5) is 0 Å². The quantitative estimate of drug-likeness (QED) is 0.624. The smallest absolute Gasteiger partial charge is 0.108 e. The van der Waals surface area contributed by atoms with Crippen molar-refractivity contribution in [3.63, 3.8) is 0 Å². The zero-order valence-electron chi connectivity index (χ0n) is 10.2. The van der Waals surface area contributed by atoms with E-state index >= 15 is 0 Å². The van der Waals surface area contributed by atoms with Crippen LogP contribution in [-0.2, 0) is 5.60 Å². The lowest BCUT2D eigenvalue weighted by Crippen LogP contribution is -2.24. The molecule has 0 radical (unpaired) electrons. The van der Waals surface area contributed by atoms with Crippen molar-refractivity contribution in [2.75, 3.05) is 0 Å². The molecule has 0 saturated heterocycles. The molecule has 0 saturated carbocycles. The van der Waals surface area contributed by atoms with Gasteiger partial charge in [0.05, 0.1) is 0 Å². The average Bonchev–Trinajstić information content (AvgIpc) is 2.58. The summed E-state index contributed by atoms with van der Waals surface area (Å²) in [7, 11) is 0. The molecule has 2 rings (SSSR count). The summed E-state index contributed by atoms with van der Waals surface area (Å²) >= 11 is 2.29. The number of benzene rings is 1. The number of aliphatic hydroxyl groups is 1. The minimum atomic E-state index is -0.797. The lowest BCUT2D eigenvalue weighted by Gasteiger charge is -2.27. The Morgan fingerprint density at radius 1 is 1.12 bits per heavy atom. The Bertz CT molecular complexity index is 403. The van der Waals surface area contributed by atoms with E-state index in [-0.39, 0.29) is 0 Å². The first-order valence-corrected chi connectivity index (χ1v) is 7.36. The van der Waals surface area contributed by atoms with Crippen molar-refractivity contribution in [3.05, 3.63) is 45.0 Å². The first-order chi connectivity index (χ1) is 8.10. The molecular weight excluding hydrogens is 323 g/mol. The van der Waals surface area contributed by atoms with Gasteiger partial charge < -0.3 is 5.11 Å². The van der Waals surface area contributed by atoms with Crippen molar-refractivity contribution in [1.29, 1.82) is 0 Å². The Kier molecular flexibility index (Phi) is 4.26. The molecule has 1 aromatic carbocycles. The zero-order valence-corrected chi connectivity index (χ0v) is 12.4. The molecule has 1 nitrogen and oxygen atoms in total. The van der Waals surface area contributed by atoms with Gasteiger partial charge in [-0.2, -0.15) is 0 Å². The van der Waals surface area contributed by atoms with Crippen molar-refractivity contribution < 1.29 is 5.11 Å². The first kappa shape index (κ1) is 13.1. The minimum absolute atomic E-state index is 0.797. The maximum absolute atomic E-state index is 10.8. The van der Waals surface area contributed by atoms with Gasteiger partial charge >= 0.3 is 0 Å². The predicted octanol–water partition coefficient (Wildman–Crippen LogP) is 4.39. The summed E-state index contributed by atoms with van der Waals surface area (Å²) in [5.74, 6) is 0. The van der Waals surface area contributed by atoms with Gasteiger partial charge in [0.2, 0.25) is 0 Å². The molecule has 0 bridgehead atoms. The number of allylic oxidation sites excluding steroid dienone is 1. The molecule has 92 valence electrons. The Morgan fingerprint density at radius 2 is 1.82 bits per heavy atom. The van der Waals surface area contributed by atoms with Crippen molar-refractivity contribution >= 4 is 22.6 Å². The highest BCUT2D eigenvalue weighted by Crippen LogP contribution is 2.34. The maximum Gasteiger partial charge on any atom is 0.108 e. The highest BCUT2D eigenvalue weighted by Gasteiger charge is 2.27. The zero-order chi connectivity index (χ0) is 12.3. The van der Waals surface area contributed by atoms with Crippen molar-refractivity contribution in [2.24, 2.45) is 0 Å². The summed E-state index contributed by atoms with van der Waals surface area (Å²) < 4.78 is 1.21. The molecule has 1 unspecified atom stereocenters. The van der Waals surface area contributed by atoms with Gasteiger partial charge in [-0.25, -0.2) is 0 Å². The molecule has 2 heteroatoms. The van der Waals surface area contributed by atoms with Crippen LogP contribution in [0.2, 0.25) is 0 Å². The molecule has 1 atom stereocenters. The maximum atomic E-state index is 10.8. The third-order valence-electron chi connectivity index (χ3n) is 3.57. The van der Waals surface area contributed by atoms with Gasteiger partial charge in [0.25, 0.3) is 0 Å². The number of rotatable bonds is 2. The van der Waals surface area contributed by atoms with E-state index in [1.807, 2.05) is 19.1 Å². The Morgan fingerprint density at radius 3 is 2.53 bits per heavy atom. The largest absolute Gasteiger partial charge is 0.381 e. The van der Waals surface area contributed by atoms with Gasteiger partial charge in [0, 0.05) is 3.57 Å². The van der Waals surface area contributed by atoms with Crippen LogP contribution in [0.15, 0.2) is 35.9 Å². The van der Waals surface area contributed by atoms with Crippen LogP contribution in [0.25, 0.3) is 0 Å². The molecule has 1 aliphatic carbocycles. The van der Waals surface area contributed by atoms with Crippen LogP contribution >= 0.6 is 22.6 Å². The molecule has 1 aromatic rings. The van der Waals surface area contributed by atoms with Gasteiger partial charge in [-0.1, -0.05) is 24.6 Å². The van der Waals surface area contributed by atoms with Crippen LogP contribution in [0.5, 0.6) is 0 Å². The van der Waals surface area contributed by atoms with E-state index in [4.69, 9.17) is 0 Å². The van der Waals surface area contributed by atoms with Gasteiger partial charge in [-0.05, 0) is 78.5 Å². The summed E-state index contributed by atoms with van der Waals surface area (Å²) in [4.78, 5) is 0. The predicted molar refractivity (Wildman–Crippen MR) is 79.9 cm³/mol. The fraction of sp³-hybridized carbons (Fsp3) is 0.467. The van der Waals surface area contributed by atoms with Crippen LogP contribution in [0.1, 0.15) is 44.6 Å². The molecule has 17 heavy (non-hydrogen) atoms. The standard InChI is InChI=1S/C15H19IO/c1-15(17,12-6-4-2-3-5-7-12)13-8-10-14(16)11-9-13/h6,8-11,17H,2-5,7H2,1H3. The van der Waals surface area contributed by atoms with Crippen LogP contribution in [0.3, 0.4) is 0 Å². The van der Waals surface area contributed by atoms with E-state index in [2.05, 4.69) is 40.8 Å². The molecular formula is C15H19IO. The first-order valence-electron chi connectivity index (χ1n) is 6.28. The average molecular weight is 342 g/mol. The number of hydrogen-bond acceptors (Lipinski definition) is 1. The highest BCUT2D eigenvalue weighted by molar-refractivity contribution is 14.1. The van der Waals surface area contributed by atoms with E-state index < -0.39 is 5.60 Å². The fourth-order valence-electron chi connectivity index (χ4n) is 2.42. The van der Waals surface area contributed by atoms with Crippen molar-refractivity contribution in [2.45, 2.75) is 44.6 Å². The van der Waals surface area contributed by atoms with Crippen molar-refractivity contribution in [3.8, 4) is 0 Å².